The second-order valence-electron chi connectivity index (χ2n) is 1.82. The van der Waals surface area contributed by atoms with Crippen LogP contribution in [-0.2, 0) is 0 Å². The van der Waals surface area contributed by atoms with E-state index >= 15 is 0 Å². The van der Waals surface area contributed by atoms with Crippen molar-refractivity contribution >= 4 is 0 Å². The fourth-order valence-electron chi connectivity index (χ4n) is 0.537. The van der Waals surface area contributed by atoms with E-state index in [1.807, 2.05) is 0 Å². The van der Waals surface area contributed by atoms with Gasteiger partial charge in [-0.25, -0.2) is 5.32 Å². The lowest BCUT2D eigenvalue weighted by Gasteiger charge is -2.34. The minimum absolute atomic E-state index is 0.271. The van der Waals surface area contributed by atoms with E-state index in [-0.39, 0.29) is 6.54 Å². The third-order valence-electron chi connectivity index (χ3n) is 1.25. The van der Waals surface area contributed by atoms with Gasteiger partial charge in [0.15, 0.2) is 0 Å². The number of rotatable bonds is 1. The summed E-state index contributed by atoms with van der Waals surface area (Å²) in [5.41, 5.74) is 4.29. The van der Waals surface area contributed by atoms with Crippen LogP contribution in [0.4, 0.5) is 0 Å². The Bertz CT molecular complexity index is 64.6. The van der Waals surface area contributed by atoms with Crippen LogP contribution >= 0.6 is 0 Å². The van der Waals surface area contributed by atoms with Crippen molar-refractivity contribution in [1.82, 2.24) is 5.32 Å². The van der Waals surface area contributed by atoms with Crippen LogP contribution in [0.5, 0.6) is 0 Å². The lowest BCUT2D eigenvalue weighted by Crippen LogP contribution is -2.56. The molecule has 1 radical (unpaired) electrons. The van der Waals surface area contributed by atoms with E-state index in [0.29, 0.717) is 0 Å². The summed E-state index contributed by atoms with van der Waals surface area (Å²) in [5, 5.41) is 12.7. The highest BCUT2D eigenvalue weighted by Crippen LogP contribution is 2.13. The molecule has 1 atom stereocenters. The molecule has 41 valence electrons. The van der Waals surface area contributed by atoms with Crippen molar-refractivity contribution in [3.63, 3.8) is 0 Å². The molecule has 0 aromatic carbocycles. The molecule has 0 aromatic rings. The zero-order valence-corrected chi connectivity index (χ0v) is 4.09. The number of nitrogens with two attached hydrogens (primary N) is 1. The minimum atomic E-state index is -0.833. The lowest BCUT2D eigenvalue weighted by atomic mass is 10.0. The molecule has 0 saturated carbocycles. The van der Waals surface area contributed by atoms with Gasteiger partial charge in [-0.1, -0.05) is 0 Å². The van der Waals surface area contributed by atoms with E-state index in [4.69, 9.17) is 10.8 Å². The maximum absolute atomic E-state index is 8.93. The summed E-state index contributed by atoms with van der Waals surface area (Å²) >= 11 is 0. The van der Waals surface area contributed by atoms with Gasteiger partial charge >= 0.3 is 0 Å². The van der Waals surface area contributed by atoms with Gasteiger partial charge in [-0.05, 0) is 0 Å². The quantitative estimate of drug-likeness (QED) is 0.428. The molecule has 1 aliphatic rings. The highest BCUT2D eigenvalue weighted by molar-refractivity contribution is 4.85. The molecule has 1 saturated heterocycles. The van der Waals surface area contributed by atoms with Crippen molar-refractivity contribution in [2.24, 2.45) is 5.73 Å². The van der Waals surface area contributed by atoms with Crippen molar-refractivity contribution in [3.05, 3.63) is 0 Å². The summed E-state index contributed by atoms with van der Waals surface area (Å²) in [4.78, 5) is 0. The molecule has 1 aliphatic heterocycles. The predicted molar refractivity (Wildman–Crippen MR) is 25.6 cm³/mol. The number of hydrogen-bond acceptors (Lipinski definition) is 2. The van der Waals surface area contributed by atoms with Crippen LogP contribution in [-0.4, -0.2) is 23.9 Å². The van der Waals surface area contributed by atoms with Crippen LogP contribution in [0.25, 0.3) is 0 Å². The second-order valence-corrected chi connectivity index (χ2v) is 1.82. The summed E-state index contributed by atoms with van der Waals surface area (Å²) in [5.74, 6) is 0. The van der Waals surface area contributed by atoms with Crippen LogP contribution < -0.4 is 11.1 Å². The van der Waals surface area contributed by atoms with Crippen LogP contribution in [0, 0.1) is 0 Å². The molecule has 1 heterocycles. The normalized spacial score (nSPS) is 40.3. The summed E-state index contributed by atoms with van der Waals surface area (Å²) in [6, 6.07) is 0. The molecule has 0 amide bonds. The van der Waals surface area contributed by atoms with E-state index < -0.39 is 5.72 Å². The van der Waals surface area contributed by atoms with Gasteiger partial charge in [-0.3, -0.25) is 0 Å². The van der Waals surface area contributed by atoms with Gasteiger partial charge in [0.25, 0.3) is 0 Å². The molecular weight excluding hydrogens is 92.1 g/mol. The lowest BCUT2D eigenvalue weighted by molar-refractivity contribution is -0.0499. The Hall–Kier alpha value is -0.120. The third kappa shape index (κ3) is 0.748. The fraction of sp³-hybridized carbons (Fsp3) is 1.00. The molecule has 7 heavy (non-hydrogen) atoms. The number of nitrogens with zero attached hydrogens (tertiary/aromatic N) is 1. The molecule has 0 aliphatic carbocycles. The molecule has 0 spiro atoms. The molecule has 3 N–H and O–H groups in total. The van der Waals surface area contributed by atoms with Gasteiger partial charge < -0.3 is 10.8 Å². The van der Waals surface area contributed by atoms with E-state index in [1.54, 1.807) is 0 Å². The second kappa shape index (κ2) is 1.43. The predicted octanol–water partition coefficient (Wildman–Crippen LogP) is -1.36. The zero-order chi connectivity index (χ0) is 5.33. The molecular formula is C4H9N2O. The van der Waals surface area contributed by atoms with Crippen molar-refractivity contribution in [3.8, 4) is 0 Å². The maximum atomic E-state index is 8.93. The first-order valence-corrected chi connectivity index (χ1v) is 2.38. The van der Waals surface area contributed by atoms with Crippen LogP contribution in [0.2, 0.25) is 0 Å². The van der Waals surface area contributed by atoms with Crippen molar-refractivity contribution in [2.75, 3.05) is 13.1 Å². The van der Waals surface area contributed by atoms with Crippen molar-refractivity contribution < 1.29 is 5.11 Å². The monoisotopic (exact) mass is 101 g/mol. The van der Waals surface area contributed by atoms with Crippen molar-refractivity contribution in [2.45, 2.75) is 12.1 Å². The SMILES string of the molecule is NCC1(O)CC[N]1. The van der Waals surface area contributed by atoms with E-state index in [2.05, 4.69) is 5.32 Å². The van der Waals surface area contributed by atoms with Gasteiger partial charge in [-0.15, -0.1) is 0 Å². The Morgan fingerprint density at radius 2 is 2.43 bits per heavy atom. The molecule has 1 fully saturated rings. The smallest absolute Gasteiger partial charge is 0.144 e. The molecule has 1 rings (SSSR count). The average molecular weight is 101 g/mol. The first-order chi connectivity index (χ1) is 3.27. The fourth-order valence-corrected chi connectivity index (χ4v) is 0.537. The standard InChI is InChI=1S/C4H9N2O/c5-3-4(7)1-2-6-4/h7H,1-3,5H2. The van der Waals surface area contributed by atoms with Crippen LogP contribution in [0.3, 0.4) is 0 Å². The first kappa shape index (κ1) is 5.03. The topological polar surface area (TPSA) is 60.4 Å². The molecule has 1 unspecified atom stereocenters. The van der Waals surface area contributed by atoms with E-state index in [0.717, 1.165) is 13.0 Å². The van der Waals surface area contributed by atoms with Crippen LogP contribution in [0.1, 0.15) is 6.42 Å². The third-order valence-corrected chi connectivity index (χ3v) is 1.25. The Labute approximate surface area is 42.5 Å². The molecule has 3 nitrogen and oxygen atoms in total. The van der Waals surface area contributed by atoms with Gasteiger partial charge in [0, 0.05) is 19.5 Å². The van der Waals surface area contributed by atoms with E-state index in [9.17, 15) is 0 Å². The van der Waals surface area contributed by atoms with Gasteiger partial charge in [-0.2, -0.15) is 0 Å². The summed E-state index contributed by atoms with van der Waals surface area (Å²) in [6.45, 7) is 1.04. The summed E-state index contributed by atoms with van der Waals surface area (Å²) < 4.78 is 0. The Balaban J connectivity index is 2.29. The minimum Gasteiger partial charge on any atom is -0.373 e. The average Bonchev–Trinajstić information content (AvgIpc) is 1.61. The van der Waals surface area contributed by atoms with Crippen molar-refractivity contribution in [1.29, 1.82) is 0 Å². The highest BCUT2D eigenvalue weighted by atomic mass is 16.3. The van der Waals surface area contributed by atoms with Crippen LogP contribution in [0.15, 0.2) is 0 Å². The zero-order valence-electron chi connectivity index (χ0n) is 4.09. The van der Waals surface area contributed by atoms with Gasteiger partial charge in [0.2, 0.25) is 0 Å². The maximum Gasteiger partial charge on any atom is 0.144 e. The van der Waals surface area contributed by atoms with Gasteiger partial charge in [0.05, 0.1) is 0 Å². The van der Waals surface area contributed by atoms with Gasteiger partial charge in [0.1, 0.15) is 5.72 Å². The molecule has 0 bridgehead atoms. The Kier molecular flexibility index (Phi) is 1.03. The first-order valence-electron chi connectivity index (χ1n) is 2.38. The largest absolute Gasteiger partial charge is 0.373 e. The number of hydrogen-bond donors (Lipinski definition) is 2. The summed E-state index contributed by atoms with van der Waals surface area (Å²) in [6.07, 6.45) is 0.740. The molecule has 0 aromatic heterocycles. The Morgan fingerprint density at radius 1 is 1.86 bits per heavy atom. The molecule has 3 heteroatoms. The Morgan fingerprint density at radius 3 is 2.43 bits per heavy atom. The number of aliphatic hydroxyl groups is 1. The highest BCUT2D eigenvalue weighted by Gasteiger charge is 2.33. The summed E-state index contributed by atoms with van der Waals surface area (Å²) in [7, 11) is 0. The van der Waals surface area contributed by atoms with E-state index in [1.165, 1.54) is 0 Å².